The molecule has 1 aromatic carbocycles. The summed E-state index contributed by atoms with van der Waals surface area (Å²) < 4.78 is 37.9. The van der Waals surface area contributed by atoms with Crippen molar-refractivity contribution in [3.05, 3.63) is 29.8 Å². The highest BCUT2D eigenvalue weighted by Gasteiger charge is 2.30. The molecule has 2 fully saturated rings. The lowest BCUT2D eigenvalue weighted by Crippen LogP contribution is -2.50. The molecule has 2 aliphatic heterocycles. The van der Waals surface area contributed by atoms with Crippen molar-refractivity contribution in [3.8, 4) is 0 Å². The van der Waals surface area contributed by atoms with Crippen molar-refractivity contribution in [3.63, 3.8) is 0 Å². The molecule has 7 heteroatoms. The molecule has 0 spiro atoms. The summed E-state index contributed by atoms with van der Waals surface area (Å²) in [5, 5.41) is 0. The van der Waals surface area contributed by atoms with E-state index in [0.717, 1.165) is 18.9 Å². The molecule has 2 atom stereocenters. The van der Waals surface area contributed by atoms with Crippen LogP contribution < -0.4 is 4.90 Å². The summed E-state index contributed by atoms with van der Waals surface area (Å²) in [5.41, 5.74) is 0.344. The second-order valence-corrected chi connectivity index (χ2v) is 6.31. The van der Waals surface area contributed by atoms with Crippen LogP contribution in [0.2, 0.25) is 0 Å². The van der Waals surface area contributed by atoms with E-state index >= 15 is 0 Å². The summed E-state index contributed by atoms with van der Waals surface area (Å²) in [6.45, 7) is 4.52. The number of rotatable bonds is 2. The van der Waals surface area contributed by atoms with E-state index in [1.54, 1.807) is 9.80 Å². The van der Waals surface area contributed by atoms with Gasteiger partial charge in [-0.1, -0.05) is 0 Å². The van der Waals surface area contributed by atoms with E-state index in [4.69, 9.17) is 9.47 Å². The predicted molar refractivity (Wildman–Crippen MR) is 85.1 cm³/mol. The van der Waals surface area contributed by atoms with Crippen LogP contribution in [0.5, 0.6) is 0 Å². The third kappa shape index (κ3) is 3.77. The molecule has 5 nitrogen and oxygen atoms in total. The summed E-state index contributed by atoms with van der Waals surface area (Å²) in [5.74, 6) is -1.19. The Labute approximate surface area is 140 Å². The lowest BCUT2D eigenvalue weighted by atomic mass is 10.1. The molecule has 1 aromatic rings. The number of anilines is 1. The smallest absolute Gasteiger partial charge is 0.410 e. The predicted octanol–water partition coefficient (Wildman–Crippen LogP) is 2.79. The minimum absolute atomic E-state index is 0.0134. The van der Waals surface area contributed by atoms with Crippen molar-refractivity contribution < 1.29 is 23.0 Å². The lowest BCUT2D eigenvalue weighted by molar-refractivity contribution is -0.0152. The molecular formula is C17H22F2N2O3. The molecule has 1 amide bonds. The first kappa shape index (κ1) is 17.0. The highest BCUT2D eigenvalue weighted by atomic mass is 19.1. The number of nitrogens with zero attached hydrogens (tertiary/aromatic N) is 2. The first-order valence-corrected chi connectivity index (χ1v) is 8.29. The highest BCUT2D eigenvalue weighted by molar-refractivity contribution is 5.68. The van der Waals surface area contributed by atoms with Gasteiger partial charge in [-0.05, 0) is 31.9 Å². The molecule has 2 unspecified atom stereocenters. The van der Waals surface area contributed by atoms with Crippen LogP contribution in [0.1, 0.15) is 19.8 Å². The van der Waals surface area contributed by atoms with E-state index in [1.165, 1.54) is 12.1 Å². The van der Waals surface area contributed by atoms with E-state index in [0.29, 0.717) is 38.5 Å². The molecule has 132 valence electrons. The molecule has 2 aliphatic rings. The number of ether oxygens (including phenoxy) is 2. The van der Waals surface area contributed by atoms with Crippen molar-refractivity contribution in [1.82, 2.24) is 4.90 Å². The highest BCUT2D eigenvalue weighted by Crippen LogP contribution is 2.25. The number of hydrogen-bond acceptors (Lipinski definition) is 4. The minimum Gasteiger partial charge on any atom is -0.444 e. The quantitative estimate of drug-likeness (QED) is 0.830. The van der Waals surface area contributed by atoms with Crippen LogP contribution >= 0.6 is 0 Å². The van der Waals surface area contributed by atoms with Crippen LogP contribution in [0.3, 0.4) is 0 Å². The molecule has 0 bridgehead atoms. The Kier molecular flexibility index (Phi) is 5.18. The molecule has 0 saturated carbocycles. The zero-order valence-corrected chi connectivity index (χ0v) is 13.7. The third-order valence-corrected chi connectivity index (χ3v) is 4.50. The summed E-state index contributed by atoms with van der Waals surface area (Å²) in [7, 11) is 0. The molecular weight excluding hydrogens is 318 g/mol. The van der Waals surface area contributed by atoms with Gasteiger partial charge >= 0.3 is 6.09 Å². The van der Waals surface area contributed by atoms with Crippen LogP contribution in [0.25, 0.3) is 0 Å². The van der Waals surface area contributed by atoms with Crippen molar-refractivity contribution in [2.24, 2.45) is 0 Å². The summed E-state index contributed by atoms with van der Waals surface area (Å²) in [4.78, 5) is 15.8. The Hall–Kier alpha value is -1.89. The minimum atomic E-state index is -0.599. The summed E-state index contributed by atoms with van der Waals surface area (Å²) >= 11 is 0. The third-order valence-electron chi connectivity index (χ3n) is 4.50. The van der Waals surface area contributed by atoms with Gasteiger partial charge < -0.3 is 19.3 Å². The second-order valence-electron chi connectivity index (χ2n) is 6.31. The standard InChI is InChI=1S/C17H22F2N2O3/c1-12-11-23-8-7-21(12)17(22)24-14-3-2-6-20(10-14)16-5-4-13(18)9-15(16)19/h4-5,9,12,14H,2-3,6-8,10-11H2,1H3. The van der Waals surface area contributed by atoms with Crippen LogP contribution in [-0.4, -0.2) is 56.0 Å². The number of morpholine rings is 1. The zero-order chi connectivity index (χ0) is 17.1. The number of carbonyl (C=O) groups excluding carboxylic acids is 1. The van der Waals surface area contributed by atoms with Gasteiger partial charge in [-0.2, -0.15) is 0 Å². The van der Waals surface area contributed by atoms with E-state index in [9.17, 15) is 13.6 Å². The molecule has 24 heavy (non-hydrogen) atoms. The first-order chi connectivity index (χ1) is 11.5. The summed E-state index contributed by atoms with van der Waals surface area (Å²) in [6.07, 6.45) is 0.875. The van der Waals surface area contributed by atoms with Crippen molar-refractivity contribution in [2.45, 2.75) is 31.9 Å². The topological polar surface area (TPSA) is 42.0 Å². The number of carbonyl (C=O) groups is 1. The molecule has 0 aliphatic carbocycles. The molecule has 0 N–H and O–H groups in total. The van der Waals surface area contributed by atoms with Gasteiger partial charge in [0.1, 0.15) is 17.7 Å². The maximum absolute atomic E-state index is 14.0. The normalized spacial score (nSPS) is 24.8. The van der Waals surface area contributed by atoms with Crippen LogP contribution in [0, 0.1) is 11.6 Å². The molecule has 3 rings (SSSR count). The van der Waals surface area contributed by atoms with Gasteiger partial charge in [-0.15, -0.1) is 0 Å². The van der Waals surface area contributed by atoms with Crippen LogP contribution in [-0.2, 0) is 9.47 Å². The van der Waals surface area contributed by atoms with Crippen molar-refractivity contribution >= 4 is 11.8 Å². The van der Waals surface area contributed by atoms with Gasteiger partial charge in [-0.3, -0.25) is 0 Å². The van der Waals surface area contributed by atoms with E-state index in [1.807, 2.05) is 6.92 Å². The van der Waals surface area contributed by atoms with Gasteiger partial charge in [0.25, 0.3) is 0 Å². The average molecular weight is 340 g/mol. The monoisotopic (exact) mass is 340 g/mol. The first-order valence-electron chi connectivity index (χ1n) is 8.29. The van der Waals surface area contributed by atoms with E-state index < -0.39 is 11.6 Å². The second kappa shape index (κ2) is 7.34. The largest absolute Gasteiger partial charge is 0.444 e. The number of piperidine rings is 1. The Balaban J connectivity index is 1.62. The van der Waals surface area contributed by atoms with Gasteiger partial charge in [-0.25, -0.2) is 13.6 Å². The van der Waals surface area contributed by atoms with Crippen LogP contribution in [0.15, 0.2) is 18.2 Å². The Morgan fingerprint density at radius 1 is 1.33 bits per heavy atom. The zero-order valence-electron chi connectivity index (χ0n) is 13.7. The van der Waals surface area contributed by atoms with Gasteiger partial charge in [0, 0.05) is 19.2 Å². The fourth-order valence-corrected chi connectivity index (χ4v) is 3.20. The number of hydrogen-bond donors (Lipinski definition) is 0. The number of benzene rings is 1. The number of amides is 1. The molecule has 0 radical (unpaired) electrons. The van der Waals surface area contributed by atoms with E-state index in [2.05, 4.69) is 0 Å². The summed E-state index contributed by atoms with van der Waals surface area (Å²) in [6, 6.07) is 3.53. The fourth-order valence-electron chi connectivity index (χ4n) is 3.20. The average Bonchev–Trinajstić information content (AvgIpc) is 2.55. The Morgan fingerprint density at radius 2 is 2.17 bits per heavy atom. The SMILES string of the molecule is CC1COCCN1C(=O)OC1CCCN(c2ccc(F)cc2F)C1. The fraction of sp³-hybridized carbons (Fsp3) is 0.588. The van der Waals surface area contributed by atoms with E-state index in [-0.39, 0.29) is 18.2 Å². The van der Waals surface area contributed by atoms with Crippen molar-refractivity contribution in [2.75, 3.05) is 37.7 Å². The molecule has 2 heterocycles. The maximum atomic E-state index is 14.0. The number of halogens is 2. The van der Waals surface area contributed by atoms with Gasteiger partial charge in [0.15, 0.2) is 0 Å². The van der Waals surface area contributed by atoms with Crippen LogP contribution in [0.4, 0.5) is 19.3 Å². The Morgan fingerprint density at radius 3 is 2.92 bits per heavy atom. The Bertz CT molecular complexity index is 599. The maximum Gasteiger partial charge on any atom is 0.410 e. The lowest BCUT2D eigenvalue weighted by Gasteiger charge is -2.37. The molecule has 0 aromatic heterocycles. The van der Waals surface area contributed by atoms with Crippen molar-refractivity contribution in [1.29, 1.82) is 0 Å². The van der Waals surface area contributed by atoms with Gasteiger partial charge in [0.05, 0.1) is 31.5 Å². The van der Waals surface area contributed by atoms with Gasteiger partial charge in [0.2, 0.25) is 0 Å². The molecule has 2 saturated heterocycles.